The van der Waals surface area contributed by atoms with Crippen molar-refractivity contribution in [3.8, 4) is 0 Å². The zero-order chi connectivity index (χ0) is 26.7. The molecular formula is C28H27FN4O3S2. The Kier molecular flexibility index (Phi) is 7.64. The molecule has 4 aromatic rings. The molecule has 7 nitrogen and oxygen atoms in total. The maximum absolute atomic E-state index is 13.8. The Hall–Kier alpha value is -3.47. The van der Waals surface area contributed by atoms with E-state index in [0.717, 1.165) is 54.0 Å². The molecular weight excluding hydrogens is 523 g/mol. The van der Waals surface area contributed by atoms with Gasteiger partial charge in [-0.3, -0.25) is 4.79 Å². The van der Waals surface area contributed by atoms with Gasteiger partial charge in [-0.05, 0) is 60.9 Å². The quantitative estimate of drug-likeness (QED) is 0.207. The molecule has 1 saturated carbocycles. The number of anilines is 1. The van der Waals surface area contributed by atoms with E-state index in [1.165, 1.54) is 40.7 Å². The molecule has 0 atom stereocenters. The molecule has 0 radical (unpaired) electrons. The van der Waals surface area contributed by atoms with Crippen LogP contribution in [0.15, 0.2) is 82.8 Å². The number of carbonyl (C=O) groups excluding carboxylic acids is 1. The standard InChI is InChI=1S/C28H27FN4O3S2/c1-32(23-10-6-3-7-11-23)38(35,36)24-15-12-21(13-16-24)27(34)33(30-19-20-8-4-2-5-9-20)28-31-25-17-14-22(29)18-26(25)37-28/h2,4-5,8-9,12-19,23H,3,6-7,10-11H2,1H3/b30-19+. The van der Waals surface area contributed by atoms with Crippen LogP contribution in [-0.2, 0) is 10.0 Å². The Labute approximate surface area is 225 Å². The molecule has 0 aliphatic heterocycles. The fourth-order valence-electron chi connectivity index (χ4n) is 4.53. The van der Waals surface area contributed by atoms with Crippen molar-refractivity contribution in [2.24, 2.45) is 5.10 Å². The minimum Gasteiger partial charge on any atom is -0.267 e. The van der Waals surface area contributed by atoms with E-state index in [4.69, 9.17) is 0 Å². The summed E-state index contributed by atoms with van der Waals surface area (Å²) in [5.41, 5.74) is 1.58. The van der Waals surface area contributed by atoms with E-state index in [1.807, 2.05) is 30.3 Å². The number of thiazole rings is 1. The zero-order valence-corrected chi connectivity index (χ0v) is 22.5. The van der Waals surface area contributed by atoms with Gasteiger partial charge in [0.2, 0.25) is 15.2 Å². The Morgan fingerprint density at radius 1 is 1.03 bits per heavy atom. The zero-order valence-electron chi connectivity index (χ0n) is 20.8. The van der Waals surface area contributed by atoms with Gasteiger partial charge in [-0.25, -0.2) is 17.8 Å². The van der Waals surface area contributed by atoms with Crippen LogP contribution in [-0.4, -0.2) is 42.9 Å². The third kappa shape index (κ3) is 5.52. The Balaban J connectivity index is 1.45. The number of fused-ring (bicyclic) bond motifs is 1. The predicted octanol–water partition coefficient (Wildman–Crippen LogP) is 6.07. The van der Waals surface area contributed by atoms with E-state index < -0.39 is 21.7 Å². The normalized spacial score (nSPS) is 14.9. The second kappa shape index (κ2) is 11.1. The lowest BCUT2D eigenvalue weighted by atomic mass is 9.96. The molecule has 0 spiro atoms. The van der Waals surface area contributed by atoms with Crippen molar-refractivity contribution in [3.05, 3.63) is 89.7 Å². The van der Waals surface area contributed by atoms with Crippen LogP contribution >= 0.6 is 11.3 Å². The van der Waals surface area contributed by atoms with Gasteiger partial charge in [-0.2, -0.15) is 14.4 Å². The monoisotopic (exact) mass is 550 g/mol. The Bertz CT molecular complexity index is 1560. The van der Waals surface area contributed by atoms with Gasteiger partial charge in [0.1, 0.15) is 5.82 Å². The van der Waals surface area contributed by atoms with Crippen molar-refractivity contribution in [1.29, 1.82) is 0 Å². The number of hydrogen-bond acceptors (Lipinski definition) is 6. The highest BCUT2D eigenvalue weighted by Gasteiger charge is 2.29. The highest BCUT2D eigenvalue weighted by atomic mass is 32.2. The minimum atomic E-state index is -3.69. The Morgan fingerprint density at radius 3 is 2.45 bits per heavy atom. The third-order valence-electron chi connectivity index (χ3n) is 6.70. The van der Waals surface area contributed by atoms with Crippen molar-refractivity contribution in [2.75, 3.05) is 12.1 Å². The first-order chi connectivity index (χ1) is 18.3. The number of hydrogen-bond donors (Lipinski definition) is 0. The predicted molar refractivity (Wildman–Crippen MR) is 149 cm³/mol. The van der Waals surface area contributed by atoms with Crippen molar-refractivity contribution >= 4 is 48.8 Å². The van der Waals surface area contributed by atoms with Gasteiger partial charge >= 0.3 is 0 Å². The van der Waals surface area contributed by atoms with Crippen LogP contribution in [0.5, 0.6) is 0 Å². The van der Waals surface area contributed by atoms with Crippen LogP contribution < -0.4 is 5.01 Å². The van der Waals surface area contributed by atoms with Gasteiger partial charge in [-0.1, -0.05) is 60.9 Å². The number of halogens is 1. The minimum absolute atomic E-state index is 0.0123. The molecule has 10 heteroatoms. The van der Waals surface area contributed by atoms with Gasteiger partial charge < -0.3 is 0 Å². The van der Waals surface area contributed by atoms with E-state index in [9.17, 15) is 17.6 Å². The first-order valence-corrected chi connectivity index (χ1v) is 14.7. The second-order valence-corrected chi connectivity index (χ2v) is 12.2. The number of hydrazone groups is 1. The molecule has 3 aromatic carbocycles. The summed E-state index contributed by atoms with van der Waals surface area (Å²) >= 11 is 1.14. The summed E-state index contributed by atoms with van der Waals surface area (Å²) < 4.78 is 42.3. The average molecular weight is 551 g/mol. The first kappa shape index (κ1) is 26.1. The smallest absolute Gasteiger partial charge is 0.267 e. The van der Waals surface area contributed by atoms with Crippen molar-refractivity contribution in [1.82, 2.24) is 9.29 Å². The molecule has 1 aliphatic rings. The molecule has 1 heterocycles. The van der Waals surface area contributed by atoms with Crippen LogP contribution in [0.1, 0.15) is 48.0 Å². The van der Waals surface area contributed by atoms with Crippen molar-refractivity contribution in [3.63, 3.8) is 0 Å². The molecule has 1 amide bonds. The van der Waals surface area contributed by atoms with Crippen LogP contribution in [0.3, 0.4) is 0 Å². The van der Waals surface area contributed by atoms with Gasteiger partial charge in [0.15, 0.2) is 0 Å². The number of aromatic nitrogens is 1. The van der Waals surface area contributed by atoms with E-state index in [0.29, 0.717) is 10.2 Å². The number of amides is 1. The number of benzene rings is 3. The molecule has 0 bridgehead atoms. The summed E-state index contributed by atoms with van der Waals surface area (Å²) in [5, 5.41) is 5.84. The maximum Gasteiger partial charge on any atom is 0.280 e. The number of nitrogens with zero attached hydrogens (tertiary/aromatic N) is 4. The summed E-state index contributed by atoms with van der Waals surface area (Å²) in [6.07, 6.45) is 6.43. The first-order valence-electron chi connectivity index (χ1n) is 12.4. The highest BCUT2D eigenvalue weighted by molar-refractivity contribution is 7.89. The summed E-state index contributed by atoms with van der Waals surface area (Å²) in [6, 6.07) is 19.4. The van der Waals surface area contributed by atoms with Crippen molar-refractivity contribution in [2.45, 2.75) is 43.0 Å². The fourth-order valence-corrected chi connectivity index (χ4v) is 6.89. The van der Waals surface area contributed by atoms with Crippen LogP contribution in [0.2, 0.25) is 0 Å². The van der Waals surface area contributed by atoms with E-state index in [2.05, 4.69) is 10.1 Å². The topological polar surface area (TPSA) is 82.9 Å². The third-order valence-corrected chi connectivity index (χ3v) is 9.62. The SMILES string of the molecule is CN(C1CCCCC1)S(=O)(=O)c1ccc(C(=O)N(/N=C/c2ccccc2)c2nc3ccc(F)cc3s2)cc1. The summed E-state index contributed by atoms with van der Waals surface area (Å²) in [6.45, 7) is 0. The molecule has 196 valence electrons. The molecule has 38 heavy (non-hydrogen) atoms. The number of carbonyl (C=O) groups is 1. The van der Waals surface area contributed by atoms with Crippen LogP contribution in [0.25, 0.3) is 10.2 Å². The van der Waals surface area contributed by atoms with Crippen LogP contribution in [0, 0.1) is 5.82 Å². The van der Waals surface area contributed by atoms with Gasteiger partial charge in [0.25, 0.3) is 5.91 Å². The van der Waals surface area contributed by atoms with Gasteiger partial charge in [-0.15, -0.1) is 0 Å². The summed E-state index contributed by atoms with van der Waals surface area (Å²) in [5.74, 6) is -0.880. The van der Waals surface area contributed by atoms with Gasteiger partial charge in [0.05, 0.1) is 21.3 Å². The van der Waals surface area contributed by atoms with Crippen LogP contribution in [0.4, 0.5) is 9.52 Å². The second-order valence-electron chi connectivity index (χ2n) is 9.22. The molecule has 5 rings (SSSR count). The van der Waals surface area contributed by atoms with E-state index in [1.54, 1.807) is 19.3 Å². The molecule has 0 saturated heterocycles. The lowest BCUT2D eigenvalue weighted by Crippen LogP contribution is -2.38. The van der Waals surface area contributed by atoms with Crippen molar-refractivity contribution < 1.29 is 17.6 Å². The lowest BCUT2D eigenvalue weighted by molar-refractivity contribution is 0.0987. The average Bonchev–Trinajstić information content (AvgIpc) is 3.36. The summed E-state index contributed by atoms with van der Waals surface area (Å²) in [4.78, 5) is 18.2. The highest BCUT2D eigenvalue weighted by Crippen LogP contribution is 2.31. The van der Waals surface area contributed by atoms with Gasteiger partial charge in [0, 0.05) is 18.7 Å². The lowest BCUT2D eigenvalue weighted by Gasteiger charge is -2.30. The summed E-state index contributed by atoms with van der Waals surface area (Å²) in [7, 11) is -2.06. The fraction of sp³-hybridized carbons (Fsp3) is 0.250. The molecule has 1 aromatic heterocycles. The largest absolute Gasteiger partial charge is 0.280 e. The maximum atomic E-state index is 13.8. The van der Waals surface area contributed by atoms with E-state index >= 15 is 0 Å². The van der Waals surface area contributed by atoms with E-state index in [-0.39, 0.29) is 21.6 Å². The molecule has 0 N–H and O–H groups in total. The molecule has 1 aliphatic carbocycles. The molecule has 1 fully saturated rings. The number of sulfonamides is 1. The molecule has 0 unspecified atom stereocenters. The Morgan fingerprint density at radius 2 is 1.74 bits per heavy atom. The number of rotatable bonds is 7.